The number of rotatable bonds is 6. The number of hydrogen-bond acceptors (Lipinski definition) is 3. The smallest absolute Gasteiger partial charge is 0.306 e. The van der Waals surface area contributed by atoms with E-state index in [-0.39, 0.29) is 22.2 Å². The van der Waals surface area contributed by atoms with Crippen LogP contribution in [0.2, 0.25) is 5.02 Å². The summed E-state index contributed by atoms with van der Waals surface area (Å²) < 4.78 is 18.0. The summed E-state index contributed by atoms with van der Waals surface area (Å²) in [6.45, 7) is 0. The molecule has 19 heavy (non-hydrogen) atoms. The SMILES string of the molecule is COC(=O)CC1(CSCc2ccc(Cl)c(F)c2)CC1. The molecule has 2 nitrogen and oxygen atoms in total. The van der Waals surface area contributed by atoms with Crippen molar-refractivity contribution in [1.29, 1.82) is 0 Å². The van der Waals surface area contributed by atoms with Gasteiger partial charge in [0.05, 0.1) is 18.6 Å². The molecule has 0 aliphatic heterocycles. The predicted molar refractivity (Wildman–Crippen MR) is 75.9 cm³/mol. The van der Waals surface area contributed by atoms with Gasteiger partial charge in [-0.1, -0.05) is 17.7 Å². The fraction of sp³-hybridized carbons (Fsp3) is 0.500. The Morgan fingerprint density at radius 2 is 2.26 bits per heavy atom. The van der Waals surface area contributed by atoms with Gasteiger partial charge in [-0.25, -0.2) is 4.39 Å². The quantitative estimate of drug-likeness (QED) is 0.741. The fourth-order valence-corrected chi connectivity index (χ4v) is 3.40. The molecule has 0 radical (unpaired) electrons. The lowest BCUT2D eigenvalue weighted by Crippen LogP contribution is -2.13. The average molecular weight is 303 g/mol. The molecule has 1 saturated carbocycles. The zero-order chi connectivity index (χ0) is 13.9. The van der Waals surface area contributed by atoms with E-state index in [4.69, 9.17) is 16.3 Å². The van der Waals surface area contributed by atoms with Gasteiger partial charge in [0.25, 0.3) is 0 Å². The number of halogens is 2. The molecule has 0 spiro atoms. The first-order valence-corrected chi connectivity index (χ1v) is 7.66. The lowest BCUT2D eigenvalue weighted by molar-refractivity contribution is -0.141. The Morgan fingerprint density at radius 1 is 1.53 bits per heavy atom. The van der Waals surface area contributed by atoms with Crippen LogP contribution in [0.15, 0.2) is 18.2 Å². The van der Waals surface area contributed by atoms with E-state index in [9.17, 15) is 9.18 Å². The van der Waals surface area contributed by atoms with Gasteiger partial charge < -0.3 is 4.74 Å². The van der Waals surface area contributed by atoms with Crippen LogP contribution in [0.1, 0.15) is 24.8 Å². The Hall–Kier alpha value is -0.740. The van der Waals surface area contributed by atoms with Gasteiger partial charge >= 0.3 is 5.97 Å². The first-order chi connectivity index (χ1) is 9.04. The second kappa shape index (κ2) is 6.14. The van der Waals surface area contributed by atoms with Crippen molar-refractivity contribution in [2.24, 2.45) is 5.41 Å². The second-order valence-electron chi connectivity index (χ2n) is 4.99. The molecular weight excluding hydrogens is 287 g/mol. The van der Waals surface area contributed by atoms with Gasteiger partial charge in [0.2, 0.25) is 0 Å². The Balaban J connectivity index is 1.80. The molecule has 0 atom stereocenters. The molecule has 5 heteroatoms. The number of carbonyl (C=O) groups excluding carboxylic acids is 1. The van der Waals surface area contributed by atoms with Gasteiger partial charge in [0, 0.05) is 5.75 Å². The van der Waals surface area contributed by atoms with Crippen LogP contribution in [0.3, 0.4) is 0 Å². The Kier molecular flexibility index (Phi) is 4.74. The number of benzene rings is 1. The summed E-state index contributed by atoms with van der Waals surface area (Å²) >= 11 is 7.36. The molecule has 0 N–H and O–H groups in total. The van der Waals surface area contributed by atoms with E-state index >= 15 is 0 Å². The van der Waals surface area contributed by atoms with Gasteiger partial charge in [0.1, 0.15) is 5.82 Å². The Morgan fingerprint density at radius 3 is 2.84 bits per heavy atom. The first-order valence-electron chi connectivity index (χ1n) is 6.13. The largest absolute Gasteiger partial charge is 0.469 e. The van der Waals surface area contributed by atoms with Crippen molar-refractivity contribution < 1.29 is 13.9 Å². The first kappa shape index (κ1) is 14.7. The van der Waals surface area contributed by atoms with Crippen molar-refractivity contribution >= 4 is 29.3 Å². The van der Waals surface area contributed by atoms with Crippen molar-refractivity contribution in [2.75, 3.05) is 12.9 Å². The number of hydrogen-bond donors (Lipinski definition) is 0. The topological polar surface area (TPSA) is 26.3 Å². The second-order valence-corrected chi connectivity index (χ2v) is 6.39. The van der Waals surface area contributed by atoms with Crippen molar-refractivity contribution in [1.82, 2.24) is 0 Å². The fourth-order valence-electron chi connectivity index (χ4n) is 1.94. The van der Waals surface area contributed by atoms with Crippen LogP contribution in [0.25, 0.3) is 0 Å². The summed E-state index contributed by atoms with van der Waals surface area (Å²) in [4.78, 5) is 11.3. The molecule has 1 fully saturated rings. The number of methoxy groups -OCH3 is 1. The minimum Gasteiger partial charge on any atom is -0.469 e. The summed E-state index contributed by atoms with van der Waals surface area (Å²) in [5.74, 6) is 1.12. The molecular formula is C14H16ClFO2S. The predicted octanol–water partition coefficient (Wildman–Crippen LogP) is 4.06. The molecule has 0 unspecified atom stereocenters. The van der Waals surface area contributed by atoms with Crippen LogP contribution in [-0.2, 0) is 15.3 Å². The summed E-state index contributed by atoms with van der Waals surface area (Å²) in [6.07, 6.45) is 2.64. The molecule has 104 valence electrons. The highest BCUT2D eigenvalue weighted by molar-refractivity contribution is 7.98. The number of carbonyl (C=O) groups is 1. The number of thioether (sulfide) groups is 1. The maximum atomic E-state index is 13.3. The summed E-state index contributed by atoms with van der Waals surface area (Å²) in [6, 6.07) is 4.88. The zero-order valence-electron chi connectivity index (χ0n) is 10.7. The van der Waals surface area contributed by atoms with E-state index in [2.05, 4.69) is 0 Å². The maximum Gasteiger partial charge on any atom is 0.306 e. The van der Waals surface area contributed by atoms with Gasteiger partial charge in [-0.05, 0) is 41.7 Å². The third-order valence-corrected chi connectivity index (χ3v) is 5.03. The van der Waals surface area contributed by atoms with E-state index in [1.807, 2.05) is 6.07 Å². The van der Waals surface area contributed by atoms with E-state index in [1.54, 1.807) is 17.8 Å². The van der Waals surface area contributed by atoms with Crippen molar-refractivity contribution in [3.63, 3.8) is 0 Å². The Labute approximate surface area is 121 Å². The van der Waals surface area contributed by atoms with Crippen LogP contribution in [-0.4, -0.2) is 18.8 Å². The third kappa shape index (κ3) is 4.11. The molecule has 1 aromatic carbocycles. The number of esters is 1. The highest BCUT2D eigenvalue weighted by Crippen LogP contribution is 2.51. The summed E-state index contributed by atoms with van der Waals surface area (Å²) in [7, 11) is 1.42. The summed E-state index contributed by atoms with van der Waals surface area (Å²) in [5.41, 5.74) is 1.03. The van der Waals surface area contributed by atoms with Gasteiger partial charge in [0.15, 0.2) is 0 Å². The molecule has 1 aliphatic rings. The molecule has 2 rings (SSSR count). The van der Waals surface area contributed by atoms with Crippen LogP contribution >= 0.6 is 23.4 Å². The molecule has 1 aliphatic carbocycles. The van der Waals surface area contributed by atoms with Gasteiger partial charge in [-0.15, -0.1) is 0 Å². The molecule has 0 saturated heterocycles. The third-order valence-electron chi connectivity index (χ3n) is 3.37. The highest BCUT2D eigenvalue weighted by atomic mass is 35.5. The monoisotopic (exact) mass is 302 g/mol. The highest BCUT2D eigenvalue weighted by Gasteiger charge is 2.44. The van der Waals surface area contributed by atoms with E-state index < -0.39 is 0 Å². The van der Waals surface area contributed by atoms with Crippen molar-refractivity contribution in [3.8, 4) is 0 Å². The molecule has 0 bridgehead atoms. The molecule has 1 aromatic rings. The van der Waals surface area contributed by atoms with Crippen molar-refractivity contribution in [3.05, 3.63) is 34.6 Å². The van der Waals surface area contributed by atoms with Crippen LogP contribution in [0.4, 0.5) is 4.39 Å². The minimum absolute atomic E-state index is 0.114. The molecule has 0 aromatic heterocycles. The van der Waals surface area contributed by atoms with Crippen LogP contribution < -0.4 is 0 Å². The van der Waals surface area contributed by atoms with E-state index in [0.29, 0.717) is 6.42 Å². The van der Waals surface area contributed by atoms with E-state index in [0.717, 1.165) is 29.9 Å². The normalized spacial score (nSPS) is 16.2. The van der Waals surface area contributed by atoms with Crippen LogP contribution in [0, 0.1) is 11.2 Å². The lowest BCUT2D eigenvalue weighted by Gasteiger charge is -2.13. The molecule has 0 amide bonds. The maximum absolute atomic E-state index is 13.3. The van der Waals surface area contributed by atoms with Crippen molar-refractivity contribution in [2.45, 2.75) is 25.0 Å². The average Bonchev–Trinajstić information content (AvgIpc) is 3.13. The standard InChI is InChI=1S/C14H16ClFO2S/c1-18-13(17)7-14(4-5-14)9-19-8-10-2-3-11(15)12(16)6-10/h2-3,6H,4-5,7-9H2,1H3. The number of ether oxygens (including phenoxy) is 1. The Bertz CT molecular complexity index is 475. The lowest BCUT2D eigenvalue weighted by atomic mass is 10.1. The minimum atomic E-state index is -0.379. The van der Waals surface area contributed by atoms with Gasteiger partial charge in [-0.3, -0.25) is 4.79 Å². The summed E-state index contributed by atoms with van der Waals surface area (Å²) in [5, 5.41) is 0.151. The molecule has 0 heterocycles. The van der Waals surface area contributed by atoms with Crippen LogP contribution in [0.5, 0.6) is 0 Å². The zero-order valence-corrected chi connectivity index (χ0v) is 12.3. The van der Waals surface area contributed by atoms with Gasteiger partial charge in [-0.2, -0.15) is 11.8 Å². The van der Waals surface area contributed by atoms with E-state index in [1.165, 1.54) is 13.2 Å².